The van der Waals surface area contributed by atoms with Crippen molar-refractivity contribution in [3.8, 4) is 5.75 Å². The predicted molar refractivity (Wildman–Crippen MR) is 88.9 cm³/mol. The summed E-state index contributed by atoms with van der Waals surface area (Å²) in [5.41, 5.74) is 3.19. The first-order valence-corrected chi connectivity index (χ1v) is 7.61. The Kier molecular flexibility index (Phi) is 4.50. The molecule has 3 rings (SSSR count). The second kappa shape index (κ2) is 5.69. The Balaban J connectivity index is 0.00000147. The molecule has 112 valence electrons. The van der Waals surface area contributed by atoms with Crippen LogP contribution in [0.3, 0.4) is 0 Å². The van der Waals surface area contributed by atoms with E-state index in [1.165, 1.54) is 36.9 Å². The van der Waals surface area contributed by atoms with Gasteiger partial charge in [-0.25, -0.2) is 0 Å². The van der Waals surface area contributed by atoms with Gasteiger partial charge in [-0.3, -0.25) is 0 Å². The molecule has 0 radical (unpaired) electrons. The highest BCUT2D eigenvalue weighted by Gasteiger charge is 2.49. The van der Waals surface area contributed by atoms with Crippen LogP contribution < -0.4 is 0 Å². The first-order chi connectivity index (χ1) is 9.08. The molecule has 20 heavy (non-hydrogen) atoms. The zero-order chi connectivity index (χ0) is 13.6. The van der Waals surface area contributed by atoms with Gasteiger partial charge in [0.05, 0.1) is 0 Å². The lowest BCUT2D eigenvalue weighted by molar-refractivity contribution is 0.0354. The minimum Gasteiger partial charge on any atom is -0.508 e. The van der Waals surface area contributed by atoms with E-state index < -0.39 is 0 Å². The molecule has 0 aromatic heterocycles. The summed E-state index contributed by atoms with van der Waals surface area (Å²) < 4.78 is 0. The summed E-state index contributed by atoms with van der Waals surface area (Å²) in [7, 11) is 2.27. The van der Waals surface area contributed by atoms with E-state index in [2.05, 4.69) is 31.9 Å². The standard InChI is InChI=1S/C17H25NO.BrH/c1-4-7-17-8-9-18(3)16(12(17)2)10-13-5-6-14(19)11-15(13)17;/h5-6,11-12,16,19H,4,7-10H2,1-3H3;1H. The van der Waals surface area contributed by atoms with E-state index in [1.807, 2.05) is 12.1 Å². The Morgan fingerprint density at radius 2 is 2.15 bits per heavy atom. The zero-order valence-corrected chi connectivity index (χ0v) is 14.4. The number of likely N-dealkylation sites (tertiary alicyclic amines) is 1. The molecule has 1 aromatic carbocycles. The Morgan fingerprint density at radius 1 is 1.40 bits per heavy atom. The second-order valence-electron chi connectivity index (χ2n) is 6.54. The summed E-state index contributed by atoms with van der Waals surface area (Å²) in [6, 6.07) is 6.71. The highest BCUT2D eigenvalue weighted by atomic mass is 79.9. The lowest BCUT2D eigenvalue weighted by atomic mass is 9.56. The maximum atomic E-state index is 9.90. The fraction of sp³-hybridized carbons (Fsp3) is 0.647. The average molecular weight is 340 g/mol. The van der Waals surface area contributed by atoms with E-state index in [4.69, 9.17) is 0 Å². The Hall–Kier alpha value is -0.540. The van der Waals surface area contributed by atoms with E-state index in [-0.39, 0.29) is 22.4 Å². The van der Waals surface area contributed by atoms with E-state index in [9.17, 15) is 5.11 Å². The van der Waals surface area contributed by atoms with Gasteiger partial charge in [0.2, 0.25) is 0 Å². The van der Waals surface area contributed by atoms with Crippen LogP contribution >= 0.6 is 17.0 Å². The number of aromatic hydroxyl groups is 1. The van der Waals surface area contributed by atoms with Crippen molar-refractivity contribution in [2.24, 2.45) is 5.92 Å². The predicted octanol–water partition coefficient (Wildman–Crippen LogP) is 3.90. The number of phenols is 1. The molecule has 0 saturated carbocycles. The summed E-state index contributed by atoms with van der Waals surface area (Å²) in [5.74, 6) is 1.11. The molecule has 3 unspecified atom stereocenters. The lowest BCUT2D eigenvalue weighted by Gasteiger charge is -2.55. The van der Waals surface area contributed by atoms with E-state index in [1.54, 1.807) is 0 Å². The van der Waals surface area contributed by atoms with Gasteiger partial charge in [-0.1, -0.05) is 26.3 Å². The third-order valence-corrected chi connectivity index (χ3v) is 5.68. The van der Waals surface area contributed by atoms with Crippen LogP contribution in [0.25, 0.3) is 0 Å². The van der Waals surface area contributed by atoms with Crippen molar-refractivity contribution < 1.29 is 5.11 Å². The molecule has 3 heteroatoms. The van der Waals surface area contributed by atoms with Crippen molar-refractivity contribution in [2.45, 2.75) is 51.0 Å². The van der Waals surface area contributed by atoms with Crippen molar-refractivity contribution in [1.82, 2.24) is 4.90 Å². The number of fused-ring (bicyclic) bond motifs is 4. The summed E-state index contributed by atoms with van der Waals surface area (Å²) in [4.78, 5) is 2.54. The van der Waals surface area contributed by atoms with Gasteiger partial charge in [0, 0.05) is 11.5 Å². The van der Waals surface area contributed by atoms with Gasteiger partial charge in [-0.15, -0.1) is 17.0 Å². The molecule has 1 heterocycles. The molecule has 2 aliphatic rings. The SMILES string of the molecule is Br.CCCC12CCN(C)C(Cc3ccc(O)cc31)C2C. The summed E-state index contributed by atoms with van der Waals surface area (Å²) in [5, 5.41) is 9.90. The van der Waals surface area contributed by atoms with Gasteiger partial charge in [0.25, 0.3) is 0 Å². The fourth-order valence-electron chi connectivity index (χ4n) is 4.60. The molecule has 1 saturated heterocycles. The third kappa shape index (κ3) is 2.19. The molecule has 1 fully saturated rings. The first-order valence-electron chi connectivity index (χ1n) is 7.61. The maximum absolute atomic E-state index is 9.90. The van der Waals surface area contributed by atoms with Gasteiger partial charge >= 0.3 is 0 Å². The van der Waals surface area contributed by atoms with Gasteiger partial charge in [-0.05, 0) is 62.0 Å². The van der Waals surface area contributed by atoms with Crippen LogP contribution in [0.1, 0.15) is 44.2 Å². The lowest BCUT2D eigenvalue weighted by Crippen LogP contribution is -2.57. The first kappa shape index (κ1) is 15.8. The van der Waals surface area contributed by atoms with Crippen molar-refractivity contribution in [3.05, 3.63) is 29.3 Å². The molecule has 1 aliphatic heterocycles. The molecule has 1 N–H and O–H groups in total. The fourth-order valence-corrected chi connectivity index (χ4v) is 4.60. The maximum Gasteiger partial charge on any atom is 0.115 e. The van der Waals surface area contributed by atoms with Crippen LogP contribution in [0, 0.1) is 5.92 Å². The minimum atomic E-state index is 0. The number of hydrogen-bond donors (Lipinski definition) is 1. The number of rotatable bonds is 2. The summed E-state index contributed by atoms with van der Waals surface area (Å²) >= 11 is 0. The highest BCUT2D eigenvalue weighted by molar-refractivity contribution is 8.93. The van der Waals surface area contributed by atoms with Crippen LogP contribution in [0.2, 0.25) is 0 Å². The topological polar surface area (TPSA) is 23.5 Å². The number of phenolic OH excluding ortho intramolecular Hbond substituents is 1. The van der Waals surface area contributed by atoms with Crippen molar-refractivity contribution in [2.75, 3.05) is 13.6 Å². The van der Waals surface area contributed by atoms with Gasteiger partial charge < -0.3 is 10.0 Å². The number of benzene rings is 1. The monoisotopic (exact) mass is 339 g/mol. The number of nitrogens with zero attached hydrogens (tertiary/aromatic N) is 1. The number of hydrogen-bond acceptors (Lipinski definition) is 2. The molecule has 2 nitrogen and oxygen atoms in total. The highest BCUT2D eigenvalue weighted by Crippen LogP contribution is 2.51. The quantitative estimate of drug-likeness (QED) is 0.883. The van der Waals surface area contributed by atoms with Crippen LogP contribution in [0.15, 0.2) is 18.2 Å². The molecular formula is C17H26BrNO. The zero-order valence-electron chi connectivity index (χ0n) is 12.7. The molecule has 3 atom stereocenters. The largest absolute Gasteiger partial charge is 0.508 e. The summed E-state index contributed by atoms with van der Waals surface area (Å²) in [6.07, 6.45) is 4.83. The Bertz CT molecular complexity index is 490. The second-order valence-corrected chi connectivity index (χ2v) is 6.54. The van der Waals surface area contributed by atoms with Gasteiger partial charge in [0.1, 0.15) is 5.75 Å². The van der Waals surface area contributed by atoms with Crippen molar-refractivity contribution >= 4 is 17.0 Å². The van der Waals surface area contributed by atoms with Gasteiger partial charge in [0.15, 0.2) is 0 Å². The molecule has 0 spiro atoms. The van der Waals surface area contributed by atoms with E-state index in [0.29, 0.717) is 17.7 Å². The minimum absolute atomic E-state index is 0. The molecule has 1 aromatic rings. The molecule has 0 amide bonds. The summed E-state index contributed by atoms with van der Waals surface area (Å²) in [6.45, 7) is 5.89. The van der Waals surface area contributed by atoms with E-state index in [0.717, 1.165) is 6.42 Å². The van der Waals surface area contributed by atoms with Crippen molar-refractivity contribution in [3.63, 3.8) is 0 Å². The Morgan fingerprint density at radius 3 is 2.85 bits per heavy atom. The molecular weight excluding hydrogens is 314 g/mol. The smallest absolute Gasteiger partial charge is 0.115 e. The van der Waals surface area contributed by atoms with Crippen LogP contribution in [0.4, 0.5) is 0 Å². The number of piperidine rings is 1. The van der Waals surface area contributed by atoms with E-state index >= 15 is 0 Å². The number of halogens is 1. The average Bonchev–Trinajstić information content (AvgIpc) is 2.38. The third-order valence-electron chi connectivity index (χ3n) is 5.68. The molecule has 2 bridgehead atoms. The van der Waals surface area contributed by atoms with Gasteiger partial charge in [-0.2, -0.15) is 0 Å². The molecule has 1 aliphatic carbocycles. The normalized spacial score (nSPS) is 32.4. The van der Waals surface area contributed by atoms with Crippen LogP contribution in [-0.4, -0.2) is 29.6 Å². The van der Waals surface area contributed by atoms with Crippen LogP contribution in [0.5, 0.6) is 5.75 Å². The Labute approximate surface area is 133 Å². The van der Waals surface area contributed by atoms with Crippen LogP contribution in [-0.2, 0) is 11.8 Å². The number of likely N-dealkylation sites (N-methyl/N-ethyl adjacent to an activating group) is 1. The van der Waals surface area contributed by atoms with Crippen molar-refractivity contribution in [1.29, 1.82) is 0 Å².